The number of amides is 2. The average molecular weight is 1100 g/mol. The Hall–Kier alpha value is -4.49. The molecule has 3 aliphatic carbocycles. The Morgan fingerprint density at radius 1 is 0.558 bits per heavy atom. The molecule has 6 aliphatic rings. The quantitative estimate of drug-likeness (QED) is 0.123. The molecule has 0 radical (unpaired) electrons. The zero-order chi connectivity index (χ0) is 54.0. The van der Waals surface area contributed by atoms with Gasteiger partial charge in [-0.1, -0.05) is 109 Å². The lowest BCUT2D eigenvalue weighted by molar-refractivity contribution is -0.112. The topological polar surface area (TPSA) is 138 Å². The molecule has 6 atom stereocenters. The van der Waals surface area contributed by atoms with Gasteiger partial charge in [0.25, 0.3) is 0 Å². The summed E-state index contributed by atoms with van der Waals surface area (Å²) >= 11 is 0. The number of nitrogens with zero attached hydrogens (tertiary/aromatic N) is 2. The van der Waals surface area contributed by atoms with E-state index >= 15 is 0 Å². The molecule has 2 amide bonds. The minimum Gasteiger partial charge on any atom is -0.444 e. The van der Waals surface area contributed by atoms with Gasteiger partial charge < -0.3 is 45.8 Å². The van der Waals surface area contributed by atoms with Gasteiger partial charge in [0.05, 0.1) is 0 Å². The maximum Gasteiger partial charge on any atom is 0.410 e. The third-order valence-electron chi connectivity index (χ3n) is 15.1. The Bertz CT molecular complexity index is 2300. The fourth-order valence-corrected chi connectivity index (χ4v) is 9.96. The lowest BCUT2D eigenvalue weighted by atomic mass is 9.97. The van der Waals surface area contributed by atoms with E-state index in [0.29, 0.717) is 42.9 Å². The van der Waals surface area contributed by atoms with Crippen molar-refractivity contribution in [3.63, 3.8) is 0 Å². The predicted molar refractivity (Wildman–Crippen MR) is 323 cm³/mol. The Kier molecular flexibility index (Phi) is 27.0. The largest absolute Gasteiger partial charge is 0.444 e. The number of carbonyl (C=O) groups excluding carboxylic acids is 3. The van der Waals surface area contributed by atoms with Crippen LogP contribution in [0.25, 0.3) is 16.7 Å². The van der Waals surface area contributed by atoms with Crippen molar-refractivity contribution in [3.05, 3.63) is 126 Å². The van der Waals surface area contributed by atoms with Crippen molar-refractivity contribution in [2.24, 2.45) is 41.2 Å². The first-order valence-electron chi connectivity index (χ1n) is 28.4. The van der Waals surface area contributed by atoms with Gasteiger partial charge in [0.1, 0.15) is 17.5 Å². The zero-order valence-corrected chi connectivity index (χ0v) is 49.6. The molecule has 3 aromatic rings. The molecule has 3 heterocycles. The Morgan fingerprint density at radius 3 is 1.23 bits per heavy atom. The molecule has 3 saturated carbocycles. The number of ether oxygens (including phenoxy) is 2. The van der Waals surface area contributed by atoms with E-state index in [1.165, 1.54) is 78.7 Å². The number of hydrogen-bond donors (Lipinski definition) is 4. The van der Waals surface area contributed by atoms with Gasteiger partial charge in [-0.2, -0.15) is 0 Å². The molecule has 5 N–H and O–H groups in total. The highest BCUT2D eigenvalue weighted by atomic mass is 35.5. The Morgan fingerprint density at radius 2 is 0.896 bits per heavy atom. The molecule has 77 heavy (non-hydrogen) atoms. The SMILES string of the molecule is C/C(=C\C1CC1N)c1ccccc1.C/C(=C\C1CC1NCC1CCN(C(=O)OC(C)(C)C)CC1)c1ccccc1.C/C(=C\C1CC1NCC1CCNCC1)c1ccccc1.CC(C)(C)OC(=O)N1CCC(C=O)CC1.Cl.Cl. The summed E-state index contributed by atoms with van der Waals surface area (Å²) in [6.07, 6.45) is 17.7. The van der Waals surface area contributed by atoms with E-state index in [2.05, 4.69) is 140 Å². The summed E-state index contributed by atoms with van der Waals surface area (Å²) in [5.41, 5.74) is 13.0. The van der Waals surface area contributed by atoms with Crippen LogP contribution in [0.5, 0.6) is 0 Å². The third kappa shape index (κ3) is 24.2. The van der Waals surface area contributed by atoms with Crippen LogP contribution in [-0.4, -0.2) is 110 Å². The second kappa shape index (κ2) is 31.9. The summed E-state index contributed by atoms with van der Waals surface area (Å²) in [5.74, 6) is 3.69. The fraction of sp³-hybridized carbons (Fsp3) is 0.578. The van der Waals surface area contributed by atoms with E-state index in [1.54, 1.807) is 4.90 Å². The second-order valence-corrected chi connectivity index (χ2v) is 24.1. The number of halogens is 2. The van der Waals surface area contributed by atoms with Crippen LogP contribution >= 0.6 is 24.8 Å². The van der Waals surface area contributed by atoms with Crippen molar-refractivity contribution >= 4 is 60.0 Å². The van der Waals surface area contributed by atoms with Gasteiger partial charge in [-0.15, -0.1) is 24.8 Å². The average Bonchev–Trinajstić information content (AvgIpc) is 4.37. The molecule has 6 fully saturated rings. The molecule has 0 bridgehead atoms. The first-order chi connectivity index (χ1) is 35.8. The van der Waals surface area contributed by atoms with Crippen molar-refractivity contribution in [1.29, 1.82) is 0 Å². The van der Waals surface area contributed by atoms with E-state index in [0.717, 1.165) is 75.9 Å². The number of nitrogens with two attached hydrogens (primary N) is 1. The minimum absolute atomic E-state index is 0. The second-order valence-electron chi connectivity index (χ2n) is 24.1. The van der Waals surface area contributed by atoms with E-state index in [9.17, 15) is 14.4 Å². The summed E-state index contributed by atoms with van der Waals surface area (Å²) in [7, 11) is 0. The number of rotatable bonds is 13. The molecule has 0 spiro atoms. The maximum atomic E-state index is 12.1. The number of hydrogen-bond acceptors (Lipinski definition) is 9. The molecular formula is C64H96Cl2N6O5. The molecule has 11 nitrogen and oxygen atoms in total. The minimum atomic E-state index is -0.446. The smallest absolute Gasteiger partial charge is 0.410 e. The van der Waals surface area contributed by atoms with Gasteiger partial charge in [-0.05, 0) is 209 Å². The normalized spacial score (nSPS) is 23.8. The maximum absolute atomic E-state index is 12.1. The van der Waals surface area contributed by atoms with Crippen molar-refractivity contribution in [2.45, 2.75) is 149 Å². The van der Waals surface area contributed by atoms with Crippen LogP contribution in [0.4, 0.5) is 9.59 Å². The van der Waals surface area contributed by atoms with Gasteiger partial charge in [0, 0.05) is 50.2 Å². The summed E-state index contributed by atoms with van der Waals surface area (Å²) < 4.78 is 10.7. The number of allylic oxidation sites excluding steroid dienone is 3. The van der Waals surface area contributed by atoms with Gasteiger partial charge in [-0.3, -0.25) is 0 Å². The van der Waals surface area contributed by atoms with E-state index in [4.69, 9.17) is 15.2 Å². The summed E-state index contributed by atoms with van der Waals surface area (Å²) in [6.45, 7) is 25.4. The zero-order valence-electron chi connectivity index (χ0n) is 48.0. The molecule has 3 saturated heterocycles. The van der Waals surface area contributed by atoms with Crippen molar-refractivity contribution in [1.82, 2.24) is 25.8 Å². The summed E-state index contributed by atoms with van der Waals surface area (Å²) in [4.78, 5) is 37.8. The molecule has 3 aliphatic heterocycles. The van der Waals surface area contributed by atoms with Gasteiger partial charge in [0.15, 0.2) is 0 Å². The summed E-state index contributed by atoms with van der Waals surface area (Å²) in [6, 6.07) is 33.5. The summed E-state index contributed by atoms with van der Waals surface area (Å²) in [5, 5.41) is 10.9. The Labute approximate surface area is 476 Å². The number of nitrogens with one attached hydrogen (secondary N) is 3. The van der Waals surface area contributed by atoms with Crippen LogP contribution < -0.4 is 21.7 Å². The van der Waals surface area contributed by atoms with Crippen molar-refractivity contribution in [3.8, 4) is 0 Å². The van der Waals surface area contributed by atoms with Gasteiger partial charge in [0.2, 0.25) is 0 Å². The standard InChI is InChI=1S/C23H34N2O2.C18H26N2.C12H15N.C11H19NO3.2ClH/c1-17(19-8-6-5-7-9-19)14-20-15-21(20)24-16-18-10-12-25(13-11-18)22(26)27-23(2,3)4;1-14(16-5-3-2-4-6-16)11-17-12-18(17)20-13-15-7-9-19-10-8-15;1-9(7-11-8-12(11)13)10-5-3-2-4-6-10;1-11(2,3)15-10(14)12-6-4-9(8-13)5-7-12;;/h5-9,14,18,20-21,24H,10-13,15-16H2,1-4H3;2-6,11,15,17-20H,7-10,12-13H2,1H3;2-7,11-12H,8,13H2,1H3;8-9H,4-7H2,1-3H3;2*1H/b17-14+;14-11+;9-7+;;;. The van der Waals surface area contributed by atoms with Crippen molar-refractivity contribution < 1.29 is 23.9 Å². The predicted octanol–water partition coefficient (Wildman–Crippen LogP) is 12.9. The number of benzene rings is 3. The van der Waals surface area contributed by atoms with Crippen LogP contribution in [-0.2, 0) is 14.3 Å². The number of aldehydes is 1. The number of carbonyl (C=O) groups is 3. The van der Waals surface area contributed by atoms with Crippen LogP contribution in [0.15, 0.2) is 109 Å². The lowest BCUT2D eigenvalue weighted by Gasteiger charge is -2.33. The monoisotopic (exact) mass is 1100 g/mol. The highest BCUT2D eigenvalue weighted by Crippen LogP contribution is 2.36. The third-order valence-corrected chi connectivity index (χ3v) is 15.1. The molecular weight excluding hydrogens is 1000 g/mol. The first-order valence-corrected chi connectivity index (χ1v) is 28.4. The lowest BCUT2D eigenvalue weighted by Crippen LogP contribution is -2.43. The van der Waals surface area contributed by atoms with E-state index in [-0.39, 0.29) is 42.9 Å². The van der Waals surface area contributed by atoms with Crippen LogP contribution in [0.3, 0.4) is 0 Å². The first kappa shape index (κ1) is 65.0. The van der Waals surface area contributed by atoms with E-state index in [1.807, 2.05) is 52.5 Å². The van der Waals surface area contributed by atoms with E-state index < -0.39 is 11.2 Å². The highest BCUT2D eigenvalue weighted by molar-refractivity contribution is 5.85. The van der Waals surface area contributed by atoms with Crippen LogP contribution in [0.1, 0.15) is 137 Å². The van der Waals surface area contributed by atoms with Gasteiger partial charge >= 0.3 is 12.2 Å². The molecule has 0 aromatic heterocycles. The number of piperidine rings is 3. The molecule has 9 rings (SSSR count). The molecule has 3 aromatic carbocycles. The van der Waals surface area contributed by atoms with Gasteiger partial charge in [-0.25, -0.2) is 9.59 Å². The highest BCUT2D eigenvalue weighted by Gasteiger charge is 2.37. The van der Waals surface area contributed by atoms with Crippen molar-refractivity contribution in [2.75, 3.05) is 52.4 Å². The molecule has 13 heteroatoms. The fourth-order valence-electron chi connectivity index (χ4n) is 9.96. The Balaban J connectivity index is 0.000000228. The number of likely N-dealkylation sites (tertiary alicyclic amines) is 2. The molecule has 6 unspecified atom stereocenters. The molecule has 426 valence electrons. The van der Waals surface area contributed by atoms with Crippen LogP contribution in [0.2, 0.25) is 0 Å². The van der Waals surface area contributed by atoms with Crippen LogP contribution in [0, 0.1) is 35.5 Å².